The van der Waals surface area contributed by atoms with Crippen LogP contribution in [0.4, 0.5) is 0 Å². The number of carbonyl (C=O) groups excluding carboxylic acids is 1. The molecule has 1 rings (SSSR count). The Labute approximate surface area is 133 Å². The molecule has 8 nitrogen and oxygen atoms in total. The van der Waals surface area contributed by atoms with E-state index in [0.717, 1.165) is 5.56 Å². The third-order valence-electron chi connectivity index (χ3n) is 3.18. The van der Waals surface area contributed by atoms with Gasteiger partial charge in [-0.25, -0.2) is 4.79 Å². The van der Waals surface area contributed by atoms with Crippen molar-refractivity contribution in [2.24, 2.45) is 5.92 Å². The van der Waals surface area contributed by atoms with Gasteiger partial charge in [0.2, 0.25) is 5.91 Å². The molecule has 4 N–H and O–H groups in total. The Morgan fingerprint density at radius 1 is 1.26 bits per heavy atom. The normalized spacial score (nSPS) is 14.0. The molecule has 0 radical (unpaired) electrons. The van der Waals surface area contributed by atoms with Crippen LogP contribution in [-0.4, -0.2) is 52.7 Å². The Hall–Kier alpha value is -1.73. The Balaban J connectivity index is 2.76. The summed E-state index contributed by atoms with van der Waals surface area (Å²) in [6, 6.07) is 8.79. The second kappa shape index (κ2) is 8.79. The lowest BCUT2D eigenvalue weighted by molar-refractivity contribution is -0.148. The number of nitrogens with one attached hydrogen (secondary N) is 1. The van der Waals surface area contributed by atoms with Crippen LogP contribution >= 0.6 is 7.60 Å². The van der Waals surface area contributed by atoms with E-state index in [9.17, 15) is 14.2 Å². The molecule has 0 aliphatic heterocycles. The van der Waals surface area contributed by atoms with Crippen molar-refractivity contribution in [2.45, 2.75) is 12.5 Å². The van der Waals surface area contributed by atoms with E-state index in [4.69, 9.17) is 19.6 Å². The molecule has 128 valence electrons. The van der Waals surface area contributed by atoms with Crippen molar-refractivity contribution >= 4 is 19.5 Å². The number of benzene rings is 1. The molecule has 0 spiro atoms. The maximum atomic E-state index is 12.2. The Morgan fingerprint density at radius 2 is 1.87 bits per heavy atom. The second-order valence-electron chi connectivity index (χ2n) is 5.04. The summed E-state index contributed by atoms with van der Waals surface area (Å²) in [7, 11) is -3.20. The fraction of sp³-hybridized carbons (Fsp3) is 0.429. The molecule has 1 aromatic rings. The Bertz CT molecular complexity index is 572. The van der Waals surface area contributed by atoms with Crippen molar-refractivity contribution in [2.75, 3.05) is 19.8 Å². The molecular weight excluding hydrogens is 325 g/mol. The van der Waals surface area contributed by atoms with Crippen molar-refractivity contribution in [3.63, 3.8) is 0 Å². The minimum atomic E-state index is -4.39. The molecule has 0 bridgehead atoms. The first-order chi connectivity index (χ1) is 10.7. The third kappa shape index (κ3) is 7.38. The van der Waals surface area contributed by atoms with Gasteiger partial charge in [-0.3, -0.25) is 9.36 Å². The van der Waals surface area contributed by atoms with E-state index in [-0.39, 0.29) is 13.0 Å². The number of amides is 1. The first-order valence-electron chi connectivity index (χ1n) is 6.84. The van der Waals surface area contributed by atoms with Gasteiger partial charge in [0, 0.05) is 7.11 Å². The highest BCUT2D eigenvalue weighted by Crippen LogP contribution is 2.37. The minimum Gasteiger partial charge on any atom is -0.479 e. The monoisotopic (exact) mass is 345 g/mol. The van der Waals surface area contributed by atoms with Crippen molar-refractivity contribution in [3.8, 4) is 0 Å². The van der Waals surface area contributed by atoms with Gasteiger partial charge in [0.25, 0.3) is 0 Å². The number of hydrogen-bond acceptors (Lipinski definition) is 4. The standard InChI is InChI=1S/C14H20NO7P/c1-22-12(14(17)18)8-15-13(16)11(9-23(19,20)21)7-10-5-3-2-4-6-10/h2-6,11-12H,7-9H2,1H3,(H,15,16)(H,17,18)(H2,19,20,21). The molecule has 2 unspecified atom stereocenters. The van der Waals surface area contributed by atoms with Gasteiger partial charge in [0.05, 0.1) is 18.6 Å². The van der Waals surface area contributed by atoms with Crippen molar-refractivity contribution < 1.29 is 33.8 Å². The van der Waals surface area contributed by atoms with Gasteiger partial charge in [0.1, 0.15) is 0 Å². The van der Waals surface area contributed by atoms with Crippen LogP contribution in [0.5, 0.6) is 0 Å². The first-order valence-corrected chi connectivity index (χ1v) is 8.64. The summed E-state index contributed by atoms with van der Waals surface area (Å²) in [6.45, 7) is -0.281. The SMILES string of the molecule is COC(CNC(=O)C(Cc1ccccc1)CP(=O)(O)O)C(=O)O. The molecule has 1 amide bonds. The van der Waals surface area contributed by atoms with Crippen LogP contribution < -0.4 is 5.32 Å². The molecule has 23 heavy (non-hydrogen) atoms. The molecule has 0 heterocycles. The van der Waals surface area contributed by atoms with E-state index < -0.39 is 37.7 Å². The maximum absolute atomic E-state index is 12.2. The average molecular weight is 345 g/mol. The van der Waals surface area contributed by atoms with Crippen molar-refractivity contribution in [1.29, 1.82) is 0 Å². The quantitative estimate of drug-likeness (QED) is 0.471. The van der Waals surface area contributed by atoms with Gasteiger partial charge in [-0.1, -0.05) is 30.3 Å². The van der Waals surface area contributed by atoms with Gasteiger partial charge in [-0.05, 0) is 12.0 Å². The predicted octanol–water partition coefficient (Wildman–Crippen LogP) is 0.239. The van der Waals surface area contributed by atoms with Gasteiger partial charge in [-0.15, -0.1) is 0 Å². The lowest BCUT2D eigenvalue weighted by Crippen LogP contribution is -2.41. The number of rotatable bonds is 9. The summed E-state index contributed by atoms with van der Waals surface area (Å²) in [5.41, 5.74) is 0.752. The molecule has 0 aliphatic rings. The second-order valence-corrected chi connectivity index (χ2v) is 6.74. The van der Waals surface area contributed by atoms with Crippen LogP contribution in [0.2, 0.25) is 0 Å². The topological polar surface area (TPSA) is 133 Å². The number of hydrogen-bond donors (Lipinski definition) is 4. The van der Waals surface area contributed by atoms with Crippen LogP contribution in [0.3, 0.4) is 0 Å². The molecule has 2 atom stereocenters. The summed E-state index contributed by atoms with van der Waals surface area (Å²) in [5, 5.41) is 11.2. The number of carboxylic acids is 1. The third-order valence-corrected chi connectivity index (χ3v) is 4.09. The van der Waals surface area contributed by atoms with Crippen molar-refractivity contribution in [1.82, 2.24) is 5.32 Å². The number of carboxylic acid groups (broad SMARTS) is 1. The zero-order chi connectivity index (χ0) is 17.5. The molecule has 9 heteroatoms. The zero-order valence-corrected chi connectivity index (χ0v) is 13.5. The lowest BCUT2D eigenvalue weighted by Gasteiger charge is -2.19. The smallest absolute Gasteiger partial charge is 0.334 e. The average Bonchev–Trinajstić information content (AvgIpc) is 2.46. The zero-order valence-electron chi connectivity index (χ0n) is 12.6. The summed E-state index contributed by atoms with van der Waals surface area (Å²) in [4.78, 5) is 41.3. The molecule has 0 saturated carbocycles. The number of carbonyl (C=O) groups is 2. The highest BCUT2D eigenvalue weighted by molar-refractivity contribution is 7.51. The van der Waals surface area contributed by atoms with Crippen LogP contribution in [0.1, 0.15) is 5.56 Å². The minimum absolute atomic E-state index is 0.141. The van der Waals surface area contributed by atoms with E-state index in [1.54, 1.807) is 30.3 Å². The van der Waals surface area contributed by atoms with Crippen LogP contribution in [0.15, 0.2) is 30.3 Å². The fourth-order valence-corrected chi connectivity index (χ4v) is 2.90. The van der Waals surface area contributed by atoms with E-state index >= 15 is 0 Å². The molecule has 0 fully saturated rings. The van der Waals surface area contributed by atoms with Gasteiger partial charge < -0.3 is 24.9 Å². The Kier molecular flexibility index (Phi) is 7.38. The summed E-state index contributed by atoms with van der Waals surface area (Å²) < 4.78 is 15.9. The Morgan fingerprint density at radius 3 is 2.35 bits per heavy atom. The van der Waals surface area contributed by atoms with Crippen LogP contribution in [0.25, 0.3) is 0 Å². The summed E-state index contributed by atoms with van der Waals surface area (Å²) in [5.74, 6) is -2.83. The van der Waals surface area contributed by atoms with E-state index in [1.807, 2.05) is 0 Å². The molecule has 1 aromatic carbocycles. The predicted molar refractivity (Wildman–Crippen MR) is 82.0 cm³/mol. The number of ether oxygens (including phenoxy) is 1. The first kappa shape index (κ1) is 19.3. The molecule has 0 saturated heterocycles. The maximum Gasteiger partial charge on any atom is 0.334 e. The van der Waals surface area contributed by atoms with Gasteiger partial charge in [0.15, 0.2) is 6.10 Å². The summed E-state index contributed by atoms with van der Waals surface area (Å²) >= 11 is 0. The van der Waals surface area contributed by atoms with Gasteiger partial charge in [-0.2, -0.15) is 0 Å². The fourth-order valence-electron chi connectivity index (χ4n) is 2.03. The van der Waals surface area contributed by atoms with Crippen LogP contribution in [-0.2, 0) is 25.3 Å². The number of aliphatic carboxylic acids is 1. The number of methoxy groups -OCH3 is 1. The summed E-state index contributed by atoms with van der Waals surface area (Å²) in [6.07, 6.45) is -1.69. The molecule has 0 aromatic heterocycles. The highest BCUT2D eigenvalue weighted by atomic mass is 31.2. The van der Waals surface area contributed by atoms with Crippen LogP contribution in [0, 0.1) is 5.92 Å². The van der Waals surface area contributed by atoms with E-state index in [2.05, 4.69) is 5.32 Å². The van der Waals surface area contributed by atoms with Crippen molar-refractivity contribution in [3.05, 3.63) is 35.9 Å². The van der Waals surface area contributed by atoms with E-state index in [1.165, 1.54) is 7.11 Å². The van der Waals surface area contributed by atoms with Gasteiger partial charge >= 0.3 is 13.6 Å². The molecular formula is C14H20NO7P. The lowest BCUT2D eigenvalue weighted by atomic mass is 10.00. The molecule has 0 aliphatic carbocycles. The largest absolute Gasteiger partial charge is 0.479 e. The highest BCUT2D eigenvalue weighted by Gasteiger charge is 2.28. The van der Waals surface area contributed by atoms with E-state index in [0.29, 0.717) is 0 Å².